The summed E-state index contributed by atoms with van der Waals surface area (Å²) in [6, 6.07) is 1.72. The molecule has 1 aromatic rings. The van der Waals surface area contributed by atoms with Crippen LogP contribution in [0.1, 0.15) is 0 Å². The van der Waals surface area contributed by atoms with E-state index in [1.54, 1.807) is 12.3 Å². The van der Waals surface area contributed by atoms with Crippen molar-refractivity contribution in [2.45, 2.75) is 0 Å². The summed E-state index contributed by atoms with van der Waals surface area (Å²) >= 11 is 0. The zero-order valence-corrected chi connectivity index (χ0v) is 3.81. The molecule has 6 heavy (non-hydrogen) atoms. The summed E-state index contributed by atoms with van der Waals surface area (Å²) in [6.45, 7) is 0. The van der Waals surface area contributed by atoms with Gasteiger partial charge >= 0.3 is 0 Å². The fraction of sp³-hybridized carbons (Fsp3) is 0. The first kappa shape index (κ1) is 5.56. The Balaban J connectivity index is 0.000000250. The highest BCUT2D eigenvalue weighted by atomic mass is 32.1. The van der Waals surface area contributed by atoms with Crippen molar-refractivity contribution in [2.75, 3.05) is 0 Å². The minimum absolute atomic E-state index is 0. The highest BCUT2D eigenvalue weighted by Gasteiger charge is 1.60. The van der Waals surface area contributed by atoms with Crippen LogP contribution < -0.4 is 0 Å². The summed E-state index contributed by atoms with van der Waals surface area (Å²) in [6.07, 6.45) is 3.10. The molecule has 0 N–H and O–H groups in total. The first-order valence-electron chi connectivity index (χ1n) is 1.34. The van der Waals surface area contributed by atoms with Crippen LogP contribution in [0.5, 0.6) is 0 Å². The molecule has 32 valence electrons. The number of hydrogen-bond acceptors (Lipinski definition) is 2. The Kier molecular flexibility index (Phi) is 2.58. The minimum atomic E-state index is 0. The van der Waals surface area contributed by atoms with Gasteiger partial charge in [0.05, 0.1) is 6.20 Å². The van der Waals surface area contributed by atoms with E-state index < -0.39 is 0 Å². The predicted octanol–water partition coefficient (Wildman–Crippen LogP) is 1.32. The van der Waals surface area contributed by atoms with E-state index in [2.05, 4.69) is 9.68 Å². The van der Waals surface area contributed by atoms with Gasteiger partial charge in [-0.2, -0.15) is 0 Å². The third-order valence-electron chi connectivity index (χ3n) is 0.347. The Morgan fingerprint density at radius 1 is 1.50 bits per heavy atom. The average molecular weight is 101 g/mol. The minimum Gasteiger partial charge on any atom is -0.365 e. The second kappa shape index (κ2) is 2.78. The van der Waals surface area contributed by atoms with Crippen LogP contribution >= 0.6 is 13.5 Å². The lowest BCUT2D eigenvalue weighted by Gasteiger charge is -1.48. The lowest BCUT2D eigenvalue weighted by molar-refractivity contribution is 0.420. The molecule has 2 radical (unpaired) electrons. The Labute approximate surface area is 42.6 Å². The molecule has 1 aromatic heterocycles. The van der Waals surface area contributed by atoms with E-state index in [0.29, 0.717) is 0 Å². The normalized spacial score (nSPS) is 6.67. The molecule has 0 unspecified atom stereocenters. The molecular weight excluding hydrogens is 98.1 g/mol. The third-order valence-corrected chi connectivity index (χ3v) is 0.347. The molecule has 0 fully saturated rings. The number of nitrogens with zero attached hydrogens (tertiary/aromatic N) is 1. The number of rotatable bonds is 0. The first-order chi connectivity index (χ1) is 2.50. The Bertz CT molecular complexity index is 67.3. The van der Waals surface area contributed by atoms with Gasteiger partial charge in [-0.15, -0.1) is 0 Å². The second-order valence-electron chi connectivity index (χ2n) is 0.688. The quantitative estimate of drug-likeness (QED) is 0.492. The van der Waals surface area contributed by atoms with Gasteiger partial charge in [0.2, 0.25) is 0 Å². The van der Waals surface area contributed by atoms with Crippen molar-refractivity contribution in [3.05, 3.63) is 18.5 Å². The molecule has 0 bridgehead atoms. The van der Waals surface area contributed by atoms with Crippen LogP contribution in [0.2, 0.25) is 0 Å². The number of hydrogen-bond donors (Lipinski definition) is 0. The van der Waals surface area contributed by atoms with Crippen molar-refractivity contribution in [1.29, 1.82) is 0 Å². The molecule has 0 spiro atoms. The fourth-order valence-corrected chi connectivity index (χ4v) is 0.176. The molecule has 0 amide bonds. The standard InChI is InChI=1S/C3H3NO.S/c1-2-4-5-3-1;/h1-3H;. The zero-order chi connectivity index (χ0) is 3.54. The summed E-state index contributed by atoms with van der Waals surface area (Å²) in [5.74, 6) is 0. The van der Waals surface area contributed by atoms with E-state index in [9.17, 15) is 0 Å². The maximum Gasteiger partial charge on any atom is 0.123 e. The molecule has 0 saturated heterocycles. The molecule has 0 aliphatic rings. The van der Waals surface area contributed by atoms with Crippen LogP contribution in [-0.2, 0) is 0 Å². The van der Waals surface area contributed by atoms with Gasteiger partial charge in [-0.25, -0.2) is 0 Å². The molecular formula is C3H3NOS. The van der Waals surface area contributed by atoms with Gasteiger partial charge in [0, 0.05) is 13.5 Å². The molecule has 0 aromatic carbocycles. The zero-order valence-electron chi connectivity index (χ0n) is 3.00. The van der Waals surface area contributed by atoms with E-state index >= 15 is 0 Å². The van der Waals surface area contributed by atoms with E-state index in [4.69, 9.17) is 0 Å². The smallest absolute Gasteiger partial charge is 0.123 e. The molecule has 3 heteroatoms. The van der Waals surface area contributed by atoms with E-state index in [1.807, 2.05) is 0 Å². The Morgan fingerprint density at radius 3 is 2.50 bits per heavy atom. The van der Waals surface area contributed by atoms with Crippen LogP contribution in [0.4, 0.5) is 0 Å². The fourth-order valence-electron chi connectivity index (χ4n) is 0.176. The van der Waals surface area contributed by atoms with Crippen LogP contribution in [0.25, 0.3) is 0 Å². The average Bonchev–Trinajstić information content (AvgIpc) is 1.76. The SMILES string of the molecule is [S].c1cnoc1. The Morgan fingerprint density at radius 2 is 2.33 bits per heavy atom. The Hall–Kier alpha value is -0.440. The summed E-state index contributed by atoms with van der Waals surface area (Å²) in [7, 11) is 0. The van der Waals surface area contributed by atoms with Crippen molar-refractivity contribution >= 4 is 13.5 Å². The van der Waals surface area contributed by atoms with Gasteiger partial charge in [-0.1, -0.05) is 5.16 Å². The van der Waals surface area contributed by atoms with Crippen molar-refractivity contribution in [2.24, 2.45) is 0 Å². The van der Waals surface area contributed by atoms with Crippen molar-refractivity contribution in [1.82, 2.24) is 5.16 Å². The van der Waals surface area contributed by atoms with Gasteiger partial charge in [0.25, 0.3) is 0 Å². The monoisotopic (exact) mass is 101 g/mol. The van der Waals surface area contributed by atoms with Crippen molar-refractivity contribution < 1.29 is 4.52 Å². The van der Waals surface area contributed by atoms with E-state index in [-0.39, 0.29) is 13.5 Å². The van der Waals surface area contributed by atoms with E-state index in [0.717, 1.165) is 0 Å². The molecule has 0 atom stereocenters. The summed E-state index contributed by atoms with van der Waals surface area (Å²) in [4.78, 5) is 0. The van der Waals surface area contributed by atoms with Crippen molar-refractivity contribution in [3.8, 4) is 0 Å². The van der Waals surface area contributed by atoms with Gasteiger partial charge in [0.1, 0.15) is 6.26 Å². The molecule has 0 aliphatic heterocycles. The maximum absolute atomic E-state index is 4.33. The highest BCUT2D eigenvalue weighted by Crippen LogP contribution is 1.72. The largest absolute Gasteiger partial charge is 0.365 e. The topological polar surface area (TPSA) is 26.0 Å². The molecule has 1 heterocycles. The highest BCUT2D eigenvalue weighted by molar-refractivity contribution is 7.59. The lowest BCUT2D eigenvalue weighted by Crippen LogP contribution is -1.38. The first-order valence-corrected chi connectivity index (χ1v) is 1.34. The summed E-state index contributed by atoms with van der Waals surface area (Å²) < 4.78 is 4.33. The van der Waals surface area contributed by atoms with Gasteiger partial charge < -0.3 is 4.52 Å². The second-order valence-corrected chi connectivity index (χ2v) is 0.688. The molecule has 0 aliphatic carbocycles. The van der Waals surface area contributed by atoms with Gasteiger partial charge in [0.15, 0.2) is 0 Å². The van der Waals surface area contributed by atoms with Crippen LogP contribution in [0, 0.1) is 0 Å². The maximum atomic E-state index is 4.33. The van der Waals surface area contributed by atoms with Crippen LogP contribution in [-0.4, -0.2) is 5.16 Å². The third kappa shape index (κ3) is 1.12. The van der Waals surface area contributed by atoms with E-state index in [1.165, 1.54) is 6.26 Å². The number of aromatic nitrogens is 1. The summed E-state index contributed by atoms with van der Waals surface area (Å²) in [5.41, 5.74) is 0. The van der Waals surface area contributed by atoms with Crippen LogP contribution in [0.15, 0.2) is 23.0 Å². The lowest BCUT2D eigenvalue weighted by atomic mass is 10.8. The van der Waals surface area contributed by atoms with Crippen LogP contribution in [0.3, 0.4) is 0 Å². The predicted molar refractivity (Wildman–Crippen MR) is 24.1 cm³/mol. The summed E-state index contributed by atoms with van der Waals surface area (Å²) in [5, 5.41) is 3.35. The molecule has 0 saturated carbocycles. The molecule has 2 nitrogen and oxygen atoms in total. The van der Waals surface area contributed by atoms with Gasteiger partial charge in [-0.05, 0) is 6.07 Å². The molecule has 1 rings (SSSR count). The van der Waals surface area contributed by atoms with Gasteiger partial charge in [-0.3, -0.25) is 0 Å². The van der Waals surface area contributed by atoms with Crippen molar-refractivity contribution in [3.63, 3.8) is 0 Å².